The fourth-order valence-electron chi connectivity index (χ4n) is 4.26. The van der Waals surface area contributed by atoms with Gasteiger partial charge in [0, 0.05) is 30.2 Å². The summed E-state index contributed by atoms with van der Waals surface area (Å²) in [6, 6.07) is 10.8. The van der Waals surface area contributed by atoms with Crippen LogP contribution in [0.5, 0.6) is 5.75 Å². The van der Waals surface area contributed by atoms with Gasteiger partial charge in [-0.2, -0.15) is 0 Å². The fourth-order valence-corrected chi connectivity index (χ4v) is 4.26. The van der Waals surface area contributed by atoms with Crippen LogP contribution >= 0.6 is 0 Å². The predicted molar refractivity (Wildman–Crippen MR) is 120 cm³/mol. The Labute approximate surface area is 193 Å². The maximum atomic E-state index is 13.1. The molecule has 2 aliphatic heterocycles. The first-order chi connectivity index (χ1) is 16.3. The van der Waals surface area contributed by atoms with Crippen LogP contribution in [0.3, 0.4) is 0 Å². The minimum absolute atomic E-state index is 0.135. The fraction of sp³-hybridized carbons (Fsp3) is 0.217. The molecule has 1 fully saturated rings. The third-order valence-corrected chi connectivity index (χ3v) is 5.99. The van der Waals surface area contributed by atoms with Gasteiger partial charge >= 0.3 is 12.1 Å². The molecule has 5 rings (SSSR count). The van der Waals surface area contributed by atoms with Crippen LogP contribution in [0, 0.1) is 0 Å². The molecule has 4 N–H and O–H groups in total. The van der Waals surface area contributed by atoms with Crippen molar-refractivity contribution in [3.05, 3.63) is 59.4 Å². The Morgan fingerprint density at radius 1 is 1.18 bits per heavy atom. The van der Waals surface area contributed by atoms with Gasteiger partial charge in [-0.05, 0) is 42.0 Å². The van der Waals surface area contributed by atoms with E-state index in [1.165, 1.54) is 19.1 Å². The van der Waals surface area contributed by atoms with Crippen molar-refractivity contribution in [3.63, 3.8) is 0 Å². The molecule has 6 amide bonds. The van der Waals surface area contributed by atoms with Crippen molar-refractivity contribution in [2.75, 3.05) is 26.0 Å². The number of carbonyl (C=O) groups is 4. The molecule has 1 aromatic heterocycles. The lowest BCUT2D eigenvalue weighted by Gasteiger charge is -2.29. The standard InChI is InChI=1S/C23H21N5O6/c1-24-21(31)25-14-4-6-17-13(7-14)8-18(34-17)23(20(30)26-22(32)27-23)11-28-10-12-3-5-15(33-2)9-16(12)19(28)29/h3-9H,10-11H2,1-2H3,(H2,24,25,31)(H2,26,27,30,32)/t23-/m0/s1. The van der Waals surface area contributed by atoms with Crippen LogP contribution < -0.4 is 26.0 Å². The molecule has 11 heteroatoms. The zero-order valence-corrected chi connectivity index (χ0v) is 18.4. The summed E-state index contributed by atoms with van der Waals surface area (Å²) in [5, 5.41) is 10.7. The summed E-state index contributed by atoms with van der Waals surface area (Å²) in [5.41, 5.74) is 0.625. The smallest absolute Gasteiger partial charge is 0.322 e. The van der Waals surface area contributed by atoms with Crippen molar-refractivity contribution in [1.82, 2.24) is 20.9 Å². The highest BCUT2D eigenvalue weighted by molar-refractivity contribution is 6.08. The van der Waals surface area contributed by atoms with E-state index in [0.717, 1.165) is 5.56 Å². The first kappa shape index (κ1) is 21.3. The minimum Gasteiger partial charge on any atom is -0.497 e. The highest BCUT2D eigenvalue weighted by atomic mass is 16.5. The lowest BCUT2D eigenvalue weighted by atomic mass is 9.95. The molecule has 0 radical (unpaired) electrons. The summed E-state index contributed by atoms with van der Waals surface area (Å²) >= 11 is 0. The van der Waals surface area contributed by atoms with Crippen LogP contribution in [0.1, 0.15) is 21.7 Å². The average molecular weight is 463 g/mol. The van der Waals surface area contributed by atoms with Gasteiger partial charge in [-0.3, -0.25) is 14.9 Å². The number of rotatable bonds is 5. The molecule has 1 atom stereocenters. The zero-order valence-electron chi connectivity index (χ0n) is 18.4. The summed E-state index contributed by atoms with van der Waals surface area (Å²) in [4.78, 5) is 51.4. The maximum absolute atomic E-state index is 13.1. The number of amides is 6. The molecule has 1 saturated heterocycles. The van der Waals surface area contributed by atoms with Crippen LogP contribution in [0.2, 0.25) is 0 Å². The first-order valence-electron chi connectivity index (χ1n) is 10.5. The summed E-state index contributed by atoms with van der Waals surface area (Å²) in [6.07, 6.45) is 0. The molecule has 2 aliphatic rings. The number of nitrogens with zero attached hydrogens (tertiary/aromatic N) is 1. The number of carbonyl (C=O) groups excluding carboxylic acids is 4. The van der Waals surface area contributed by atoms with E-state index in [9.17, 15) is 19.2 Å². The molecule has 0 spiro atoms. The topological polar surface area (TPSA) is 142 Å². The number of benzene rings is 2. The lowest BCUT2D eigenvalue weighted by molar-refractivity contribution is -0.125. The number of imide groups is 1. The van der Waals surface area contributed by atoms with E-state index in [1.54, 1.807) is 42.5 Å². The molecule has 174 valence electrons. The first-order valence-corrected chi connectivity index (χ1v) is 10.5. The average Bonchev–Trinajstić information content (AvgIpc) is 3.47. The predicted octanol–water partition coefficient (Wildman–Crippen LogP) is 1.88. The van der Waals surface area contributed by atoms with Gasteiger partial charge in [0.1, 0.15) is 17.1 Å². The number of nitrogens with one attached hydrogen (secondary N) is 4. The van der Waals surface area contributed by atoms with Gasteiger partial charge in [0.15, 0.2) is 5.54 Å². The number of hydrogen-bond donors (Lipinski definition) is 4. The molecule has 3 heterocycles. The van der Waals surface area contributed by atoms with Gasteiger partial charge in [0.25, 0.3) is 11.8 Å². The van der Waals surface area contributed by atoms with E-state index >= 15 is 0 Å². The van der Waals surface area contributed by atoms with Crippen molar-refractivity contribution >= 4 is 40.5 Å². The summed E-state index contributed by atoms with van der Waals surface area (Å²) in [7, 11) is 3.02. The number of fused-ring (bicyclic) bond motifs is 2. The van der Waals surface area contributed by atoms with Crippen molar-refractivity contribution in [2.24, 2.45) is 0 Å². The molecule has 11 nitrogen and oxygen atoms in total. The van der Waals surface area contributed by atoms with E-state index in [-0.39, 0.29) is 30.8 Å². The highest BCUT2D eigenvalue weighted by Gasteiger charge is 2.53. The van der Waals surface area contributed by atoms with Crippen molar-refractivity contribution in [1.29, 1.82) is 0 Å². The number of anilines is 1. The largest absolute Gasteiger partial charge is 0.497 e. The van der Waals surface area contributed by atoms with Gasteiger partial charge in [0.2, 0.25) is 0 Å². The normalized spacial score (nSPS) is 19.1. The minimum atomic E-state index is -1.62. The molecular weight excluding hydrogens is 442 g/mol. The Morgan fingerprint density at radius 3 is 2.71 bits per heavy atom. The Morgan fingerprint density at radius 2 is 2.00 bits per heavy atom. The number of ether oxygens (including phenoxy) is 1. The van der Waals surface area contributed by atoms with Gasteiger partial charge in [-0.25, -0.2) is 9.59 Å². The van der Waals surface area contributed by atoms with Gasteiger partial charge in [0.05, 0.1) is 13.7 Å². The quantitative estimate of drug-likeness (QED) is 0.426. The zero-order chi connectivity index (χ0) is 24.0. The van der Waals surface area contributed by atoms with Crippen molar-refractivity contribution in [2.45, 2.75) is 12.1 Å². The van der Waals surface area contributed by atoms with Gasteiger partial charge < -0.3 is 30.0 Å². The number of urea groups is 2. The molecule has 2 aromatic carbocycles. The number of methoxy groups -OCH3 is 1. The van der Waals surface area contributed by atoms with Crippen molar-refractivity contribution in [3.8, 4) is 5.75 Å². The van der Waals surface area contributed by atoms with Gasteiger partial charge in [-0.15, -0.1) is 0 Å². The van der Waals surface area contributed by atoms with Crippen molar-refractivity contribution < 1.29 is 28.3 Å². The molecule has 0 aliphatic carbocycles. The van der Waals surface area contributed by atoms with E-state index in [4.69, 9.17) is 9.15 Å². The van der Waals surface area contributed by atoms with Crippen LogP contribution in [-0.4, -0.2) is 49.5 Å². The van der Waals surface area contributed by atoms with Gasteiger partial charge in [-0.1, -0.05) is 6.07 Å². The third kappa shape index (κ3) is 3.38. The van der Waals surface area contributed by atoms with E-state index < -0.39 is 17.5 Å². The van der Waals surface area contributed by atoms with E-state index in [1.807, 2.05) is 0 Å². The van der Waals surface area contributed by atoms with Crippen LogP contribution in [0.25, 0.3) is 11.0 Å². The SMILES string of the molecule is CNC(=O)Nc1ccc2oc([C@]3(CN4Cc5ccc(OC)cc5C4=O)NC(=O)NC3=O)cc2c1. The Kier molecular flexibility index (Phi) is 4.89. The molecule has 3 aromatic rings. The Balaban J connectivity index is 1.50. The van der Waals surface area contributed by atoms with Crippen LogP contribution in [0.4, 0.5) is 15.3 Å². The summed E-state index contributed by atoms with van der Waals surface area (Å²) in [6.45, 7) is 0.132. The van der Waals surface area contributed by atoms with Crippen LogP contribution in [-0.2, 0) is 16.9 Å². The number of hydrogen-bond acceptors (Lipinski definition) is 6. The Hall–Kier alpha value is -4.54. The molecule has 0 saturated carbocycles. The highest BCUT2D eigenvalue weighted by Crippen LogP contribution is 2.35. The summed E-state index contributed by atoms with van der Waals surface area (Å²) < 4.78 is 11.2. The molecule has 34 heavy (non-hydrogen) atoms. The maximum Gasteiger partial charge on any atom is 0.322 e. The van der Waals surface area contributed by atoms with Crippen LogP contribution in [0.15, 0.2) is 46.9 Å². The second kappa shape index (κ2) is 7.80. The van der Waals surface area contributed by atoms with E-state index in [2.05, 4.69) is 21.3 Å². The third-order valence-electron chi connectivity index (χ3n) is 5.99. The molecule has 0 unspecified atom stereocenters. The Bertz CT molecular complexity index is 1370. The number of furan rings is 1. The second-order valence-electron chi connectivity index (χ2n) is 8.07. The second-order valence-corrected chi connectivity index (χ2v) is 8.07. The summed E-state index contributed by atoms with van der Waals surface area (Å²) in [5.74, 6) is -0.185. The lowest BCUT2D eigenvalue weighted by Crippen LogP contribution is -2.52. The van der Waals surface area contributed by atoms with E-state index in [0.29, 0.717) is 28.0 Å². The molecule has 0 bridgehead atoms. The molecular formula is C23H21N5O6. The monoisotopic (exact) mass is 463 g/mol.